The summed E-state index contributed by atoms with van der Waals surface area (Å²) in [6.07, 6.45) is 2.97. The first-order chi connectivity index (χ1) is 9.60. The van der Waals surface area contributed by atoms with Crippen LogP contribution in [-0.2, 0) is 13.0 Å². The first-order valence-corrected chi connectivity index (χ1v) is 6.90. The highest BCUT2D eigenvalue weighted by Crippen LogP contribution is 2.18. The quantitative estimate of drug-likeness (QED) is 0.835. The highest BCUT2D eigenvalue weighted by Gasteiger charge is 2.08. The van der Waals surface area contributed by atoms with Crippen LogP contribution in [0.3, 0.4) is 0 Å². The monoisotopic (exact) mass is 299 g/mol. The Kier molecular flexibility index (Phi) is 4.95. The number of hydrogen-bond donors (Lipinski definition) is 2. The molecular formula is C14H16ClF2N3. The van der Waals surface area contributed by atoms with Crippen LogP contribution in [0.15, 0.2) is 18.2 Å². The number of benzene rings is 1. The largest absolute Gasteiger partial charge is 0.379 e. The average molecular weight is 300 g/mol. The molecule has 0 spiro atoms. The lowest BCUT2D eigenvalue weighted by atomic mass is 10.2. The maximum Gasteiger partial charge on any atom is 0.160 e. The van der Waals surface area contributed by atoms with Gasteiger partial charge in [0.05, 0.1) is 12.2 Å². The lowest BCUT2D eigenvalue weighted by Gasteiger charge is -2.05. The Morgan fingerprint density at radius 2 is 2.10 bits per heavy atom. The Labute approximate surface area is 121 Å². The van der Waals surface area contributed by atoms with Gasteiger partial charge in [0, 0.05) is 18.2 Å². The number of nitrogens with zero attached hydrogens (tertiary/aromatic N) is 1. The van der Waals surface area contributed by atoms with E-state index in [0.29, 0.717) is 17.4 Å². The van der Waals surface area contributed by atoms with E-state index in [4.69, 9.17) is 11.6 Å². The standard InChI is InChI=1S/C14H16ClF2N3/c1-2-3-4-13-19-12(14(15)20-13)8-18-9-5-6-10(16)11(17)7-9/h5-7,18H,2-4,8H2,1H3,(H,19,20). The number of aromatic amines is 1. The zero-order chi connectivity index (χ0) is 14.5. The number of aryl methyl sites for hydroxylation is 1. The van der Waals surface area contributed by atoms with Crippen molar-refractivity contribution in [3.63, 3.8) is 0 Å². The molecule has 108 valence electrons. The number of hydrogen-bond acceptors (Lipinski definition) is 2. The van der Waals surface area contributed by atoms with Crippen molar-refractivity contribution in [2.75, 3.05) is 5.32 Å². The summed E-state index contributed by atoms with van der Waals surface area (Å²) >= 11 is 6.03. The molecule has 0 radical (unpaired) electrons. The molecule has 0 saturated carbocycles. The topological polar surface area (TPSA) is 40.7 Å². The number of nitrogens with one attached hydrogen (secondary N) is 2. The van der Waals surface area contributed by atoms with Gasteiger partial charge in [-0.3, -0.25) is 0 Å². The van der Waals surface area contributed by atoms with E-state index in [9.17, 15) is 8.78 Å². The summed E-state index contributed by atoms with van der Waals surface area (Å²) in [7, 11) is 0. The van der Waals surface area contributed by atoms with Gasteiger partial charge in [0.2, 0.25) is 0 Å². The third-order valence-corrected chi connectivity index (χ3v) is 3.25. The number of anilines is 1. The van der Waals surface area contributed by atoms with Crippen molar-refractivity contribution in [2.24, 2.45) is 0 Å². The third-order valence-electron chi connectivity index (χ3n) is 2.93. The smallest absolute Gasteiger partial charge is 0.160 e. The van der Waals surface area contributed by atoms with Gasteiger partial charge in [-0.05, 0) is 18.6 Å². The fraction of sp³-hybridized carbons (Fsp3) is 0.357. The van der Waals surface area contributed by atoms with Gasteiger partial charge in [0.25, 0.3) is 0 Å². The van der Waals surface area contributed by atoms with E-state index in [1.165, 1.54) is 6.07 Å². The summed E-state index contributed by atoms with van der Waals surface area (Å²) in [4.78, 5) is 7.37. The second-order valence-corrected chi connectivity index (χ2v) is 4.90. The fourth-order valence-electron chi connectivity index (χ4n) is 1.82. The molecule has 20 heavy (non-hydrogen) atoms. The third kappa shape index (κ3) is 3.70. The molecular weight excluding hydrogens is 284 g/mol. The molecule has 1 aromatic carbocycles. The lowest BCUT2D eigenvalue weighted by Crippen LogP contribution is -2.01. The molecule has 1 aromatic heterocycles. The molecule has 0 atom stereocenters. The molecule has 2 aromatic rings. The molecule has 0 aliphatic heterocycles. The predicted octanol–water partition coefficient (Wildman–Crippen LogP) is 4.30. The number of H-pyrrole nitrogens is 1. The van der Waals surface area contributed by atoms with Crippen LogP contribution < -0.4 is 5.32 Å². The minimum absolute atomic E-state index is 0.378. The molecule has 0 amide bonds. The highest BCUT2D eigenvalue weighted by atomic mass is 35.5. The Balaban J connectivity index is 1.99. The van der Waals surface area contributed by atoms with Crippen molar-refractivity contribution in [1.29, 1.82) is 0 Å². The maximum atomic E-state index is 13.1. The summed E-state index contributed by atoms with van der Waals surface area (Å²) in [5.41, 5.74) is 1.23. The Hall–Kier alpha value is -1.62. The van der Waals surface area contributed by atoms with Gasteiger partial charge in [0.1, 0.15) is 5.82 Å². The number of halogens is 3. The van der Waals surface area contributed by atoms with Crippen LogP contribution in [0.4, 0.5) is 14.5 Å². The van der Waals surface area contributed by atoms with Crippen LogP contribution in [0.2, 0.25) is 5.15 Å². The van der Waals surface area contributed by atoms with E-state index >= 15 is 0 Å². The van der Waals surface area contributed by atoms with Gasteiger partial charge in [0.15, 0.2) is 16.8 Å². The summed E-state index contributed by atoms with van der Waals surface area (Å²) in [5, 5.41) is 3.39. The van der Waals surface area contributed by atoms with Crippen LogP contribution in [0.25, 0.3) is 0 Å². The Bertz CT molecular complexity index is 584. The minimum Gasteiger partial charge on any atom is -0.379 e. The summed E-state index contributed by atoms with van der Waals surface area (Å²) in [6.45, 7) is 2.49. The molecule has 0 aliphatic rings. The first kappa shape index (κ1) is 14.8. The highest BCUT2D eigenvalue weighted by molar-refractivity contribution is 6.30. The van der Waals surface area contributed by atoms with E-state index in [2.05, 4.69) is 22.2 Å². The van der Waals surface area contributed by atoms with E-state index in [1.807, 2.05) is 0 Å². The van der Waals surface area contributed by atoms with Gasteiger partial charge >= 0.3 is 0 Å². The second-order valence-electron chi connectivity index (χ2n) is 4.54. The van der Waals surface area contributed by atoms with Crippen molar-refractivity contribution in [2.45, 2.75) is 32.7 Å². The Morgan fingerprint density at radius 1 is 1.30 bits per heavy atom. The number of aromatic nitrogens is 2. The number of imidazole rings is 1. The molecule has 2 N–H and O–H groups in total. The molecule has 0 bridgehead atoms. The second kappa shape index (κ2) is 6.70. The average Bonchev–Trinajstić information content (AvgIpc) is 2.78. The van der Waals surface area contributed by atoms with E-state index < -0.39 is 11.6 Å². The summed E-state index contributed by atoms with van der Waals surface area (Å²) in [5.74, 6) is -0.898. The molecule has 0 aliphatic carbocycles. The number of rotatable bonds is 6. The molecule has 2 rings (SSSR count). The molecule has 1 heterocycles. The minimum atomic E-state index is -0.880. The predicted molar refractivity (Wildman–Crippen MR) is 75.9 cm³/mol. The van der Waals surface area contributed by atoms with Gasteiger partial charge in [-0.15, -0.1) is 0 Å². The Morgan fingerprint density at radius 3 is 2.80 bits per heavy atom. The van der Waals surface area contributed by atoms with E-state index in [0.717, 1.165) is 42.9 Å². The van der Waals surface area contributed by atoms with E-state index in [-0.39, 0.29) is 0 Å². The molecule has 3 nitrogen and oxygen atoms in total. The maximum absolute atomic E-state index is 13.1. The van der Waals surface area contributed by atoms with Gasteiger partial charge in [-0.1, -0.05) is 24.9 Å². The zero-order valence-electron chi connectivity index (χ0n) is 11.1. The molecule has 0 saturated heterocycles. The van der Waals surface area contributed by atoms with Crippen molar-refractivity contribution < 1.29 is 8.78 Å². The fourth-order valence-corrected chi connectivity index (χ4v) is 2.03. The summed E-state index contributed by atoms with van der Waals surface area (Å²) in [6, 6.07) is 3.66. The lowest BCUT2D eigenvalue weighted by molar-refractivity contribution is 0.509. The van der Waals surface area contributed by atoms with Crippen LogP contribution in [0.5, 0.6) is 0 Å². The molecule has 6 heteroatoms. The molecule has 0 fully saturated rings. The molecule has 0 unspecified atom stereocenters. The normalized spacial score (nSPS) is 10.8. The van der Waals surface area contributed by atoms with E-state index in [1.54, 1.807) is 0 Å². The van der Waals surface area contributed by atoms with Crippen molar-refractivity contribution in [3.8, 4) is 0 Å². The van der Waals surface area contributed by atoms with Crippen molar-refractivity contribution in [3.05, 3.63) is 46.5 Å². The van der Waals surface area contributed by atoms with Gasteiger partial charge in [-0.25, -0.2) is 13.8 Å². The van der Waals surface area contributed by atoms with Crippen molar-refractivity contribution in [1.82, 2.24) is 9.97 Å². The summed E-state index contributed by atoms with van der Waals surface area (Å²) < 4.78 is 25.9. The SMILES string of the molecule is CCCCc1nc(Cl)c(CNc2ccc(F)c(F)c2)[nH]1. The van der Waals surface area contributed by atoms with Crippen LogP contribution in [0, 0.1) is 11.6 Å². The first-order valence-electron chi connectivity index (χ1n) is 6.52. The van der Waals surface area contributed by atoms with Gasteiger partial charge in [-0.2, -0.15) is 0 Å². The zero-order valence-corrected chi connectivity index (χ0v) is 11.9. The van der Waals surface area contributed by atoms with Crippen LogP contribution >= 0.6 is 11.6 Å². The number of unbranched alkanes of at least 4 members (excludes halogenated alkanes) is 1. The van der Waals surface area contributed by atoms with Crippen LogP contribution in [-0.4, -0.2) is 9.97 Å². The van der Waals surface area contributed by atoms with Gasteiger partial charge < -0.3 is 10.3 Å². The van der Waals surface area contributed by atoms with Crippen LogP contribution in [0.1, 0.15) is 31.3 Å². The van der Waals surface area contributed by atoms with Crippen molar-refractivity contribution >= 4 is 17.3 Å².